The fourth-order valence-electron chi connectivity index (χ4n) is 4.07. The summed E-state index contributed by atoms with van der Waals surface area (Å²) in [6.45, 7) is 9.24. The third kappa shape index (κ3) is 5.94. The maximum atomic E-state index is 12.4. The van der Waals surface area contributed by atoms with E-state index in [1.807, 2.05) is 19.1 Å². The summed E-state index contributed by atoms with van der Waals surface area (Å²) in [5, 5.41) is 7.30. The lowest BCUT2D eigenvalue weighted by atomic mass is 10.0. The Hall–Kier alpha value is -2.67. The second-order valence-corrected chi connectivity index (χ2v) is 8.17. The van der Waals surface area contributed by atoms with Gasteiger partial charge in [0.05, 0.1) is 24.2 Å². The van der Waals surface area contributed by atoms with Crippen LogP contribution < -0.4 is 5.32 Å². The maximum absolute atomic E-state index is 12.4. The molecule has 31 heavy (non-hydrogen) atoms. The Morgan fingerprint density at radius 3 is 2.68 bits per heavy atom. The molecule has 168 valence electrons. The van der Waals surface area contributed by atoms with Crippen molar-refractivity contribution in [2.45, 2.75) is 58.9 Å². The number of nitrogens with one attached hydrogen (secondary N) is 1. The number of unbranched alkanes of at least 4 members (excludes halogenated alkanes) is 1. The van der Waals surface area contributed by atoms with E-state index in [0.717, 1.165) is 25.1 Å². The molecule has 0 spiro atoms. The summed E-state index contributed by atoms with van der Waals surface area (Å²) in [5.74, 6) is -0.445. The number of esters is 1. The third-order valence-electron chi connectivity index (χ3n) is 5.98. The van der Waals surface area contributed by atoms with Gasteiger partial charge in [-0.3, -0.25) is 4.79 Å². The molecule has 1 aromatic heterocycles. The maximum Gasteiger partial charge on any atom is 0.341 e. The lowest BCUT2D eigenvalue weighted by Crippen LogP contribution is -2.38. The number of likely N-dealkylation sites (tertiary alicyclic amines) is 1. The molecule has 7 heteroatoms. The topological polar surface area (TPSA) is 76.5 Å². The first-order valence-corrected chi connectivity index (χ1v) is 11.4. The van der Waals surface area contributed by atoms with Crippen LogP contribution in [0, 0.1) is 6.92 Å². The van der Waals surface area contributed by atoms with Gasteiger partial charge in [-0.2, -0.15) is 5.10 Å². The highest BCUT2D eigenvalue weighted by Crippen LogP contribution is 2.17. The first-order chi connectivity index (χ1) is 15.0. The summed E-state index contributed by atoms with van der Waals surface area (Å²) >= 11 is 0. The van der Waals surface area contributed by atoms with Crippen LogP contribution in [0.4, 0.5) is 0 Å². The molecule has 1 unspecified atom stereocenters. The summed E-state index contributed by atoms with van der Waals surface area (Å²) < 4.78 is 6.73. The van der Waals surface area contributed by atoms with Crippen molar-refractivity contribution in [1.82, 2.24) is 20.0 Å². The molecular weight excluding hydrogens is 392 g/mol. The molecule has 1 aliphatic heterocycles. The van der Waals surface area contributed by atoms with E-state index < -0.39 is 0 Å². The Labute approximate surface area is 184 Å². The van der Waals surface area contributed by atoms with Gasteiger partial charge in [-0.1, -0.05) is 6.42 Å². The minimum absolute atomic E-state index is 0.0673. The molecule has 0 bridgehead atoms. The molecule has 0 radical (unpaired) electrons. The number of carbonyl (C=O) groups is 2. The molecular formula is C24H34N4O3. The summed E-state index contributed by atoms with van der Waals surface area (Å²) in [6.07, 6.45) is 7.55. The number of piperidine rings is 1. The zero-order valence-electron chi connectivity index (χ0n) is 18.9. The van der Waals surface area contributed by atoms with Gasteiger partial charge in [0, 0.05) is 18.2 Å². The van der Waals surface area contributed by atoms with E-state index in [-0.39, 0.29) is 11.9 Å². The fourth-order valence-corrected chi connectivity index (χ4v) is 4.07. The van der Waals surface area contributed by atoms with Gasteiger partial charge in [-0.15, -0.1) is 0 Å². The zero-order chi connectivity index (χ0) is 22.2. The number of hydrogen-bond donors (Lipinski definition) is 1. The number of aromatic nitrogens is 2. The molecule has 2 heterocycles. The van der Waals surface area contributed by atoms with Crippen molar-refractivity contribution in [2.75, 3.05) is 26.2 Å². The predicted molar refractivity (Wildman–Crippen MR) is 121 cm³/mol. The van der Waals surface area contributed by atoms with Gasteiger partial charge in [0.2, 0.25) is 0 Å². The van der Waals surface area contributed by atoms with E-state index in [1.54, 1.807) is 23.7 Å². The van der Waals surface area contributed by atoms with Crippen molar-refractivity contribution < 1.29 is 14.3 Å². The molecule has 1 aromatic carbocycles. The molecule has 7 nitrogen and oxygen atoms in total. The number of benzene rings is 1. The summed E-state index contributed by atoms with van der Waals surface area (Å²) in [5.41, 5.74) is 2.56. The van der Waals surface area contributed by atoms with Gasteiger partial charge >= 0.3 is 5.97 Å². The molecule has 3 rings (SSSR count). The van der Waals surface area contributed by atoms with Crippen LogP contribution in [-0.4, -0.2) is 58.8 Å². The average Bonchev–Trinajstić information content (AvgIpc) is 3.16. The highest BCUT2D eigenvalue weighted by molar-refractivity contribution is 5.94. The molecule has 0 saturated carbocycles. The van der Waals surface area contributed by atoms with Crippen LogP contribution in [0.1, 0.15) is 72.4 Å². The predicted octanol–water partition coefficient (Wildman–Crippen LogP) is 3.74. The van der Waals surface area contributed by atoms with Crippen molar-refractivity contribution in [2.24, 2.45) is 0 Å². The molecule has 1 amide bonds. The van der Waals surface area contributed by atoms with Crippen molar-refractivity contribution in [3.05, 3.63) is 47.3 Å². The van der Waals surface area contributed by atoms with E-state index in [9.17, 15) is 9.59 Å². The van der Waals surface area contributed by atoms with Crippen molar-refractivity contribution in [3.8, 4) is 5.69 Å². The number of nitrogens with zero attached hydrogens (tertiary/aromatic N) is 3. The fraction of sp³-hybridized carbons (Fsp3) is 0.542. The third-order valence-corrected chi connectivity index (χ3v) is 5.98. The Kier molecular flexibility index (Phi) is 8.23. The molecule has 0 aliphatic carbocycles. The van der Waals surface area contributed by atoms with E-state index in [1.165, 1.54) is 32.0 Å². The van der Waals surface area contributed by atoms with Crippen LogP contribution >= 0.6 is 0 Å². The summed E-state index contributed by atoms with van der Waals surface area (Å²) in [7, 11) is 0. The zero-order valence-corrected chi connectivity index (χ0v) is 18.9. The van der Waals surface area contributed by atoms with Gasteiger partial charge in [0.1, 0.15) is 5.56 Å². The minimum Gasteiger partial charge on any atom is -0.462 e. The molecule has 1 atom stereocenters. The van der Waals surface area contributed by atoms with Gasteiger partial charge in [-0.25, -0.2) is 9.48 Å². The molecule has 2 aromatic rings. The van der Waals surface area contributed by atoms with Gasteiger partial charge < -0.3 is 15.0 Å². The van der Waals surface area contributed by atoms with Crippen molar-refractivity contribution in [3.63, 3.8) is 0 Å². The van der Waals surface area contributed by atoms with Crippen LogP contribution in [0.5, 0.6) is 0 Å². The highest BCUT2D eigenvalue weighted by atomic mass is 16.5. The van der Waals surface area contributed by atoms with E-state index in [2.05, 4.69) is 22.2 Å². The van der Waals surface area contributed by atoms with Crippen LogP contribution in [0.3, 0.4) is 0 Å². The Morgan fingerprint density at radius 1 is 1.19 bits per heavy atom. The molecule has 1 saturated heterocycles. The first kappa shape index (κ1) is 23.0. The van der Waals surface area contributed by atoms with Gasteiger partial charge in [-0.05, 0) is 83.8 Å². The van der Waals surface area contributed by atoms with E-state index >= 15 is 0 Å². The largest absolute Gasteiger partial charge is 0.462 e. The van der Waals surface area contributed by atoms with Crippen LogP contribution in [0.15, 0.2) is 30.5 Å². The Morgan fingerprint density at radius 2 is 1.97 bits per heavy atom. The SMILES string of the molecule is CCOC(=O)c1cnn(-c2ccc(C(=O)NCCCCN3CCCCC3C)cc2)c1C. The number of ether oxygens (including phenoxy) is 1. The smallest absolute Gasteiger partial charge is 0.341 e. The number of carbonyl (C=O) groups excluding carboxylic acids is 2. The van der Waals surface area contributed by atoms with E-state index in [0.29, 0.717) is 36.0 Å². The van der Waals surface area contributed by atoms with Gasteiger partial charge in [0.25, 0.3) is 5.91 Å². The first-order valence-electron chi connectivity index (χ1n) is 11.4. The van der Waals surface area contributed by atoms with Crippen molar-refractivity contribution in [1.29, 1.82) is 0 Å². The quantitative estimate of drug-likeness (QED) is 0.488. The summed E-state index contributed by atoms with van der Waals surface area (Å²) in [6, 6.07) is 7.92. The Balaban J connectivity index is 1.47. The average molecular weight is 427 g/mol. The van der Waals surface area contributed by atoms with Crippen LogP contribution in [0.2, 0.25) is 0 Å². The summed E-state index contributed by atoms with van der Waals surface area (Å²) in [4.78, 5) is 27.0. The standard InChI is InChI=1S/C24H34N4O3/c1-4-31-24(30)22-17-26-28(19(22)3)21-12-10-20(11-13-21)23(29)25-14-6-8-16-27-15-7-5-9-18(27)2/h10-13,17-18H,4-9,14-16H2,1-3H3,(H,25,29). The van der Waals surface area contributed by atoms with Crippen LogP contribution in [0.25, 0.3) is 5.69 Å². The highest BCUT2D eigenvalue weighted by Gasteiger charge is 2.18. The molecule has 1 fully saturated rings. The van der Waals surface area contributed by atoms with Gasteiger partial charge in [0.15, 0.2) is 0 Å². The molecule has 1 aliphatic rings. The number of amides is 1. The lowest BCUT2D eigenvalue weighted by Gasteiger charge is -2.33. The molecule has 1 N–H and O–H groups in total. The second-order valence-electron chi connectivity index (χ2n) is 8.17. The lowest BCUT2D eigenvalue weighted by molar-refractivity contribution is 0.0525. The van der Waals surface area contributed by atoms with E-state index in [4.69, 9.17) is 4.74 Å². The van der Waals surface area contributed by atoms with Crippen molar-refractivity contribution >= 4 is 11.9 Å². The second kappa shape index (κ2) is 11.1. The minimum atomic E-state index is -0.378. The normalized spacial score (nSPS) is 16.8. The number of hydrogen-bond acceptors (Lipinski definition) is 5. The monoisotopic (exact) mass is 426 g/mol. The Bertz CT molecular complexity index is 875. The number of rotatable bonds is 9. The van der Waals surface area contributed by atoms with Crippen LogP contribution in [-0.2, 0) is 4.74 Å².